The molecule has 0 fully saturated rings. The third-order valence-electron chi connectivity index (χ3n) is 2.83. The van der Waals surface area contributed by atoms with E-state index >= 15 is 0 Å². The maximum Gasteiger partial charge on any atom is 0.252 e. The molecular formula is C14H16BrN3O. The van der Waals surface area contributed by atoms with Crippen LogP contribution in [0.4, 0.5) is 0 Å². The van der Waals surface area contributed by atoms with E-state index < -0.39 is 0 Å². The van der Waals surface area contributed by atoms with E-state index in [2.05, 4.69) is 26.3 Å². The second-order valence-electron chi connectivity index (χ2n) is 4.51. The number of aromatic nitrogens is 2. The summed E-state index contributed by atoms with van der Waals surface area (Å²) in [6, 6.07) is 5.70. The van der Waals surface area contributed by atoms with Crippen LogP contribution in [0.2, 0.25) is 0 Å². The second-order valence-corrected chi connectivity index (χ2v) is 5.37. The van der Waals surface area contributed by atoms with Crippen LogP contribution in [0.25, 0.3) is 0 Å². The van der Waals surface area contributed by atoms with E-state index in [-0.39, 0.29) is 5.91 Å². The summed E-state index contributed by atoms with van der Waals surface area (Å²) in [5.41, 5.74) is 2.90. The van der Waals surface area contributed by atoms with E-state index in [1.165, 1.54) is 0 Å². The van der Waals surface area contributed by atoms with E-state index in [1.807, 2.05) is 44.6 Å². The molecule has 0 atom stereocenters. The first-order chi connectivity index (χ1) is 9.06. The van der Waals surface area contributed by atoms with Crippen LogP contribution in [-0.4, -0.2) is 22.2 Å². The predicted octanol–water partition coefficient (Wildman–Crippen LogP) is 2.46. The summed E-state index contributed by atoms with van der Waals surface area (Å²) in [5, 5.41) is 7.00. The van der Waals surface area contributed by atoms with E-state index in [4.69, 9.17) is 0 Å². The lowest BCUT2D eigenvalue weighted by Crippen LogP contribution is -2.25. The van der Waals surface area contributed by atoms with Gasteiger partial charge in [-0.3, -0.25) is 9.48 Å². The van der Waals surface area contributed by atoms with Gasteiger partial charge in [0.15, 0.2) is 0 Å². The molecule has 19 heavy (non-hydrogen) atoms. The maximum atomic E-state index is 12.0. The molecule has 1 aromatic carbocycles. The highest BCUT2D eigenvalue weighted by atomic mass is 79.9. The van der Waals surface area contributed by atoms with Gasteiger partial charge in [0.25, 0.3) is 5.91 Å². The fourth-order valence-electron chi connectivity index (χ4n) is 1.82. The molecule has 0 saturated carbocycles. The first kappa shape index (κ1) is 13.8. The number of hydrogen-bond donors (Lipinski definition) is 1. The van der Waals surface area contributed by atoms with Crippen LogP contribution in [0, 0.1) is 6.92 Å². The minimum Gasteiger partial charge on any atom is -0.352 e. The smallest absolute Gasteiger partial charge is 0.252 e. The van der Waals surface area contributed by atoms with Crippen molar-refractivity contribution in [3.05, 3.63) is 51.8 Å². The van der Waals surface area contributed by atoms with Crippen LogP contribution < -0.4 is 5.32 Å². The molecule has 0 aliphatic carbocycles. The molecule has 0 bridgehead atoms. The number of benzene rings is 1. The topological polar surface area (TPSA) is 46.9 Å². The Morgan fingerprint density at radius 3 is 2.89 bits per heavy atom. The predicted molar refractivity (Wildman–Crippen MR) is 78.1 cm³/mol. The molecule has 2 aromatic rings. The number of halogens is 1. The number of carbonyl (C=O) groups is 1. The van der Waals surface area contributed by atoms with Crippen molar-refractivity contribution in [1.82, 2.24) is 15.1 Å². The highest BCUT2D eigenvalue weighted by Crippen LogP contribution is 2.18. The molecule has 100 valence electrons. The Balaban J connectivity index is 1.90. The Kier molecular flexibility index (Phi) is 4.37. The van der Waals surface area contributed by atoms with Crippen molar-refractivity contribution in [3.63, 3.8) is 0 Å². The zero-order valence-electron chi connectivity index (χ0n) is 11.0. The van der Waals surface area contributed by atoms with Gasteiger partial charge in [0.1, 0.15) is 0 Å². The summed E-state index contributed by atoms with van der Waals surface area (Å²) in [7, 11) is 1.88. The lowest BCUT2D eigenvalue weighted by molar-refractivity contribution is 0.0953. The van der Waals surface area contributed by atoms with Gasteiger partial charge < -0.3 is 5.32 Å². The Hall–Kier alpha value is -1.62. The van der Waals surface area contributed by atoms with Crippen molar-refractivity contribution >= 4 is 21.8 Å². The van der Waals surface area contributed by atoms with Crippen LogP contribution in [-0.2, 0) is 13.5 Å². The van der Waals surface area contributed by atoms with Crippen molar-refractivity contribution in [3.8, 4) is 0 Å². The number of hydrogen-bond acceptors (Lipinski definition) is 2. The molecule has 0 radical (unpaired) electrons. The minimum atomic E-state index is -0.0595. The minimum absolute atomic E-state index is 0.0595. The maximum absolute atomic E-state index is 12.0. The Labute approximate surface area is 120 Å². The summed E-state index contributed by atoms with van der Waals surface area (Å²) in [5.74, 6) is -0.0595. The van der Waals surface area contributed by atoms with Crippen molar-refractivity contribution in [1.29, 1.82) is 0 Å². The summed E-state index contributed by atoms with van der Waals surface area (Å²) in [4.78, 5) is 12.0. The van der Waals surface area contributed by atoms with Crippen molar-refractivity contribution in [2.24, 2.45) is 7.05 Å². The SMILES string of the molecule is Cc1ccc(C(=O)NCCc2cnn(C)c2)c(Br)c1. The second kappa shape index (κ2) is 6.02. The number of carbonyl (C=O) groups excluding carboxylic acids is 1. The summed E-state index contributed by atoms with van der Waals surface area (Å²) in [6.07, 6.45) is 4.55. The summed E-state index contributed by atoms with van der Waals surface area (Å²) < 4.78 is 2.58. The number of nitrogens with one attached hydrogen (secondary N) is 1. The van der Waals surface area contributed by atoms with Gasteiger partial charge in [-0.05, 0) is 52.5 Å². The van der Waals surface area contributed by atoms with Gasteiger partial charge in [-0.25, -0.2) is 0 Å². The van der Waals surface area contributed by atoms with E-state index in [0.717, 1.165) is 22.0 Å². The van der Waals surface area contributed by atoms with Crippen LogP contribution >= 0.6 is 15.9 Å². The van der Waals surface area contributed by atoms with Crippen LogP contribution in [0.15, 0.2) is 35.1 Å². The molecule has 5 heteroatoms. The number of amides is 1. The molecule has 1 heterocycles. The van der Waals surface area contributed by atoms with Crippen molar-refractivity contribution in [2.75, 3.05) is 6.54 Å². The van der Waals surface area contributed by atoms with Crippen molar-refractivity contribution < 1.29 is 4.79 Å². The quantitative estimate of drug-likeness (QED) is 0.940. The first-order valence-corrected chi connectivity index (χ1v) is 6.87. The molecule has 1 amide bonds. The largest absolute Gasteiger partial charge is 0.352 e. The van der Waals surface area contributed by atoms with Crippen LogP contribution in [0.1, 0.15) is 21.5 Å². The molecule has 1 aromatic heterocycles. The fourth-order valence-corrected chi connectivity index (χ4v) is 2.49. The Morgan fingerprint density at radius 1 is 1.47 bits per heavy atom. The molecule has 0 aliphatic rings. The molecule has 0 unspecified atom stereocenters. The zero-order chi connectivity index (χ0) is 13.8. The summed E-state index contributed by atoms with van der Waals surface area (Å²) in [6.45, 7) is 2.60. The molecular weight excluding hydrogens is 306 g/mol. The normalized spacial score (nSPS) is 10.5. The third kappa shape index (κ3) is 3.67. The van der Waals surface area contributed by atoms with Gasteiger partial charge in [-0.15, -0.1) is 0 Å². The zero-order valence-corrected chi connectivity index (χ0v) is 12.6. The highest BCUT2D eigenvalue weighted by molar-refractivity contribution is 9.10. The van der Waals surface area contributed by atoms with E-state index in [9.17, 15) is 4.79 Å². The fraction of sp³-hybridized carbons (Fsp3) is 0.286. The van der Waals surface area contributed by atoms with E-state index in [0.29, 0.717) is 12.1 Å². The first-order valence-electron chi connectivity index (χ1n) is 6.08. The lowest BCUT2D eigenvalue weighted by atomic mass is 10.1. The standard InChI is InChI=1S/C14H16BrN3O/c1-10-3-4-12(13(15)7-10)14(19)16-6-5-11-8-17-18(2)9-11/h3-4,7-9H,5-6H2,1-2H3,(H,16,19). The van der Waals surface area contributed by atoms with Crippen LogP contribution in [0.3, 0.4) is 0 Å². The Bertz CT molecular complexity index is 592. The molecule has 2 rings (SSSR count). The average molecular weight is 322 g/mol. The van der Waals surface area contributed by atoms with Gasteiger partial charge in [-0.1, -0.05) is 6.07 Å². The van der Waals surface area contributed by atoms with Gasteiger partial charge in [-0.2, -0.15) is 5.10 Å². The molecule has 0 aliphatic heterocycles. The lowest BCUT2D eigenvalue weighted by Gasteiger charge is -2.07. The number of aryl methyl sites for hydroxylation is 2. The molecule has 1 N–H and O–H groups in total. The highest BCUT2D eigenvalue weighted by Gasteiger charge is 2.09. The Morgan fingerprint density at radius 2 is 2.26 bits per heavy atom. The average Bonchev–Trinajstić information content (AvgIpc) is 2.75. The number of nitrogens with zero attached hydrogens (tertiary/aromatic N) is 2. The van der Waals surface area contributed by atoms with Crippen LogP contribution in [0.5, 0.6) is 0 Å². The molecule has 4 nitrogen and oxygen atoms in total. The van der Waals surface area contributed by atoms with Gasteiger partial charge >= 0.3 is 0 Å². The van der Waals surface area contributed by atoms with Crippen molar-refractivity contribution in [2.45, 2.75) is 13.3 Å². The monoisotopic (exact) mass is 321 g/mol. The van der Waals surface area contributed by atoms with Gasteiger partial charge in [0, 0.05) is 24.3 Å². The molecule has 0 spiro atoms. The third-order valence-corrected chi connectivity index (χ3v) is 3.48. The van der Waals surface area contributed by atoms with Gasteiger partial charge in [0.05, 0.1) is 11.8 Å². The number of rotatable bonds is 4. The molecule has 0 saturated heterocycles. The van der Waals surface area contributed by atoms with Gasteiger partial charge in [0.2, 0.25) is 0 Å². The van der Waals surface area contributed by atoms with E-state index in [1.54, 1.807) is 4.68 Å². The summed E-state index contributed by atoms with van der Waals surface area (Å²) >= 11 is 3.41.